The minimum Gasteiger partial charge on any atom is -0.478 e. The molecule has 104 valence electrons. The smallest absolute Gasteiger partial charge is 0.337 e. The van der Waals surface area contributed by atoms with Crippen LogP contribution < -0.4 is 5.32 Å². The van der Waals surface area contributed by atoms with Crippen LogP contribution in [0, 0.1) is 0 Å². The van der Waals surface area contributed by atoms with Crippen LogP contribution in [0.5, 0.6) is 0 Å². The van der Waals surface area contributed by atoms with Crippen LogP contribution >= 0.6 is 11.6 Å². The average molecular weight is 284 g/mol. The second-order valence-electron chi connectivity index (χ2n) is 4.70. The number of benzene rings is 1. The summed E-state index contributed by atoms with van der Waals surface area (Å²) in [5.41, 5.74) is 0.810. The van der Waals surface area contributed by atoms with E-state index in [1.165, 1.54) is 12.5 Å². The van der Waals surface area contributed by atoms with Crippen molar-refractivity contribution in [2.75, 3.05) is 18.5 Å². The van der Waals surface area contributed by atoms with Crippen molar-refractivity contribution in [1.82, 2.24) is 0 Å². The number of halogens is 1. The fourth-order valence-electron chi connectivity index (χ4n) is 2.25. The number of anilines is 1. The summed E-state index contributed by atoms with van der Waals surface area (Å²) in [7, 11) is 0. The fourth-order valence-corrected chi connectivity index (χ4v) is 2.42. The van der Waals surface area contributed by atoms with E-state index in [-0.39, 0.29) is 5.56 Å². The van der Waals surface area contributed by atoms with Crippen molar-refractivity contribution >= 4 is 23.3 Å². The zero-order chi connectivity index (χ0) is 13.7. The van der Waals surface area contributed by atoms with E-state index in [4.69, 9.17) is 21.4 Å². The second kappa shape index (κ2) is 6.78. The second-order valence-corrected chi connectivity index (χ2v) is 5.14. The summed E-state index contributed by atoms with van der Waals surface area (Å²) in [4.78, 5) is 11.1. The molecule has 1 aliphatic heterocycles. The number of carbonyl (C=O) groups is 1. The van der Waals surface area contributed by atoms with Gasteiger partial charge in [0.15, 0.2) is 0 Å². The van der Waals surface area contributed by atoms with Crippen LogP contribution in [-0.2, 0) is 4.74 Å². The van der Waals surface area contributed by atoms with Gasteiger partial charge in [-0.2, -0.15) is 0 Å². The van der Waals surface area contributed by atoms with Crippen LogP contribution in [0.1, 0.15) is 36.0 Å². The number of rotatable bonds is 5. The normalized spacial score (nSPS) is 19.1. The molecule has 0 bridgehead atoms. The van der Waals surface area contributed by atoms with Gasteiger partial charge >= 0.3 is 5.97 Å². The molecule has 1 unspecified atom stereocenters. The third-order valence-electron chi connectivity index (χ3n) is 3.27. The van der Waals surface area contributed by atoms with Gasteiger partial charge in [-0.25, -0.2) is 4.79 Å². The van der Waals surface area contributed by atoms with Crippen molar-refractivity contribution in [3.05, 3.63) is 28.8 Å². The van der Waals surface area contributed by atoms with Crippen LogP contribution in [0.25, 0.3) is 0 Å². The fraction of sp³-hybridized carbons (Fsp3) is 0.500. The number of aromatic carboxylic acids is 1. The SMILES string of the molecule is O=C(O)c1cc(Cl)ccc1NCCC1CCCCO1. The summed E-state index contributed by atoms with van der Waals surface area (Å²) in [5, 5.41) is 12.7. The van der Waals surface area contributed by atoms with Crippen molar-refractivity contribution in [2.45, 2.75) is 31.8 Å². The van der Waals surface area contributed by atoms with Crippen molar-refractivity contribution < 1.29 is 14.6 Å². The van der Waals surface area contributed by atoms with Crippen LogP contribution in [-0.4, -0.2) is 30.3 Å². The van der Waals surface area contributed by atoms with Crippen molar-refractivity contribution in [3.8, 4) is 0 Å². The largest absolute Gasteiger partial charge is 0.478 e. The predicted molar refractivity (Wildman–Crippen MR) is 75.1 cm³/mol. The average Bonchev–Trinajstić information content (AvgIpc) is 2.41. The molecule has 2 N–H and O–H groups in total. The summed E-state index contributed by atoms with van der Waals surface area (Å²) in [6.07, 6.45) is 4.63. The van der Waals surface area contributed by atoms with E-state index in [9.17, 15) is 4.79 Å². The van der Waals surface area contributed by atoms with Gasteiger partial charge in [0.1, 0.15) is 0 Å². The molecule has 1 fully saturated rings. The topological polar surface area (TPSA) is 58.6 Å². The summed E-state index contributed by atoms with van der Waals surface area (Å²) < 4.78 is 5.64. The third kappa shape index (κ3) is 4.11. The number of nitrogens with one attached hydrogen (secondary N) is 1. The Morgan fingerprint density at radius 2 is 2.32 bits per heavy atom. The monoisotopic (exact) mass is 283 g/mol. The number of carboxylic acid groups (broad SMARTS) is 1. The lowest BCUT2D eigenvalue weighted by Crippen LogP contribution is -2.22. The molecule has 0 aromatic heterocycles. The number of ether oxygens (including phenoxy) is 1. The van der Waals surface area contributed by atoms with Crippen molar-refractivity contribution in [1.29, 1.82) is 0 Å². The molecule has 0 aliphatic carbocycles. The molecule has 0 spiro atoms. The van der Waals surface area contributed by atoms with Gasteiger partial charge < -0.3 is 15.2 Å². The number of carboxylic acids is 1. The van der Waals surface area contributed by atoms with Crippen molar-refractivity contribution in [2.24, 2.45) is 0 Å². The lowest BCUT2D eigenvalue weighted by molar-refractivity contribution is 0.0134. The van der Waals surface area contributed by atoms with Gasteiger partial charge in [-0.05, 0) is 43.9 Å². The van der Waals surface area contributed by atoms with E-state index >= 15 is 0 Å². The van der Waals surface area contributed by atoms with Gasteiger partial charge in [-0.1, -0.05) is 11.6 Å². The van der Waals surface area contributed by atoms with Gasteiger partial charge in [-0.3, -0.25) is 0 Å². The molecular formula is C14H18ClNO3. The first-order chi connectivity index (χ1) is 9.16. The molecule has 1 heterocycles. The maximum atomic E-state index is 11.1. The highest BCUT2D eigenvalue weighted by Crippen LogP contribution is 2.21. The van der Waals surface area contributed by atoms with Crippen molar-refractivity contribution in [3.63, 3.8) is 0 Å². The van der Waals surface area contributed by atoms with Crippen LogP contribution in [0.15, 0.2) is 18.2 Å². The molecule has 0 amide bonds. The maximum absolute atomic E-state index is 11.1. The van der Waals surface area contributed by atoms with Gasteiger partial charge in [-0.15, -0.1) is 0 Å². The van der Waals surface area contributed by atoms with E-state index < -0.39 is 5.97 Å². The Hall–Kier alpha value is -1.26. The third-order valence-corrected chi connectivity index (χ3v) is 3.50. The first-order valence-electron chi connectivity index (χ1n) is 6.55. The molecule has 19 heavy (non-hydrogen) atoms. The van der Waals surface area contributed by atoms with Gasteiger partial charge in [0.2, 0.25) is 0 Å². The quantitative estimate of drug-likeness (QED) is 0.869. The molecule has 1 aliphatic rings. The lowest BCUT2D eigenvalue weighted by Gasteiger charge is -2.22. The molecule has 0 radical (unpaired) electrons. The number of hydrogen-bond acceptors (Lipinski definition) is 3. The van der Waals surface area contributed by atoms with Crippen LogP contribution in [0.3, 0.4) is 0 Å². The maximum Gasteiger partial charge on any atom is 0.337 e. The molecule has 0 saturated carbocycles. The molecule has 1 aromatic carbocycles. The molecular weight excluding hydrogens is 266 g/mol. The Balaban J connectivity index is 1.89. The Bertz CT molecular complexity index is 444. The first-order valence-corrected chi connectivity index (χ1v) is 6.93. The first kappa shape index (κ1) is 14.2. The van der Waals surface area contributed by atoms with Crippen LogP contribution in [0.4, 0.5) is 5.69 Å². The summed E-state index contributed by atoms with van der Waals surface area (Å²) in [5.74, 6) is -0.973. The zero-order valence-corrected chi connectivity index (χ0v) is 11.4. The number of hydrogen-bond donors (Lipinski definition) is 2. The molecule has 2 rings (SSSR count). The van der Waals surface area contributed by atoms with E-state index in [0.29, 0.717) is 23.4 Å². The van der Waals surface area contributed by atoms with E-state index in [1.807, 2.05) is 0 Å². The minimum absolute atomic E-state index is 0.206. The highest BCUT2D eigenvalue weighted by molar-refractivity contribution is 6.31. The Morgan fingerprint density at radius 3 is 3.00 bits per heavy atom. The molecule has 4 nitrogen and oxygen atoms in total. The zero-order valence-electron chi connectivity index (χ0n) is 10.7. The van der Waals surface area contributed by atoms with Gasteiger partial charge in [0.25, 0.3) is 0 Å². The van der Waals surface area contributed by atoms with E-state index in [1.54, 1.807) is 12.1 Å². The molecule has 1 saturated heterocycles. The van der Waals surface area contributed by atoms with Gasteiger partial charge in [0.05, 0.1) is 11.7 Å². The molecule has 5 heteroatoms. The Kier molecular flexibility index (Phi) is 5.05. The Labute approximate surface area is 117 Å². The molecule has 1 atom stereocenters. The summed E-state index contributed by atoms with van der Waals surface area (Å²) >= 11 is 5.81. The van der Waals surface area contributed by atoms with E-state index in [0.717, 1.165) is 25.9 Å². The summed E-state index contributed by atoms with van der Waals surface area (Å²) in [6.45, 7) is 1.54. The minimum atomic E-state index is -0.973. The predicted octanol–water partition coefficient (Wildman–Crippen LogP) is 3.41. The highest BCUT2D eigenvalue weighted by atomic mass is 35.5. The van der Waals surface area contributed by atoms with E-state index in [2.05, 4.69) is 5.32 Å². The van der Waals surface area contributed by atoms with Gasteiger partial charge in [0, 0.05) is 23.9 Å². The summed E-state index contributed by atoms with van der Waals surface area (Å²) in [6, 6.07) is 4.85. The van der Waals surface area contributed by atoms with Crippen LogP contribution in [0.2, 0.25) is 5.02 Å². The standard InChI is InChI=1S/C14H18ClNO3/c15-10-4-5-13(12(9-10)14(17)18)16-7-6-11-3-1-2-8-19-11/h4-5,9,11,16H,1-3,6-8H2,(H,17,18). The molecule has 1 aromatic rings. The highest BCUT2D eigenvalue weighted by Gasteiger charge is 2.14. The lowest BCUT2D eigenvalue weighted by atomic mass is 10.1. The Morgan fingerprint density at radius 1 is 1.47 bits per heavy atom.